The summed E-state index contributed by atoms with van der Waals surface area (Å²) in [5.41, 5.74) is 2.08. The van der Waals surface area contributed by atoms with Crippen LogP contribution in [0.4, 0.5) is 5.69 Å². The molecular formula is C17H15Cl4N3OS. The van der Waals surface area contributed by atoms with Crippen molar-refractivity contribution in [1.29, 1.82) is 0 Å². The maximum atomic E-state index is 12.4. The Morgan fingerprint density at radius 1 is 1.08 bits per heavy atom. The number of thiocarbonyl (C=S) groups is 1. The molecule has 0 heterocycles. The van der Waals surface area contributed by atoms with E-state index >= 15 is 0 Å². The summed E-state index contributed by atoms with van der Waals surface area (Å²) in [5, 5.41) is 9.13. The van der Waals surface area contributed by atoms with Gasteiger partial charge < -0.3 is 16.0 Å². The van der Waals surface area contributed by atoms with Gasteiger partial charge in [0.1, 0.15) is 6.17 Å². The lowest BCUT2D eigenvalue weighted by atomic mass is 10.1. The van der Waals surface area contributed by atoms with Crippen molar-refractivity contribution in [2.45, 2.75) is 16.9 Å². The van der Waals surface area contributed by atoms with Crippen LogP contribution in [0.3, 0.4) is 0 Å². The number of nitrogens with one attached hydrogen (secondary N) is 3. The molecule has 1 unspecified atom stereocenters. The van der Waals surface area contributed by atoms with Gasteiger partial charge in [-0.05, 0) is 55.5 Å². The van der Waals surface area contributed by atoms with Gasteiger partial charge in [-0.3, -0.25) is 4.79 Å². The Morgan fingerprint density at radius 2 is 1.73 bits per heavy atom. The molecule has 0 aliphatic carbocycles. The molecule has 0 aliphatic heterocycles. The third kappa shape index (κ3) is 6.49. The van der Waals surface area contributed by atoms with Crippen LogP contribution < -0.4 is 16.0 Å². The summed E-state index contributed by atoms with van der Waals surface area (Å²) in [4.78, 5) is 12.4. The highest BCUT2D eigenvalue weighted by atomic mass is 35.6. The van der Waals surface area contributed by atoms with Crippen molar-refractivity contribution in [2.24, 2.45) is 0 Å². The van der Waals surface area contributed by atoms with E-state index in [2.05, 4.69) is 16.0 Å². The van der Waals surface area contributed by atoms with Crippen molar-refractivity contribution in [3.05, 3.63) is 64.7 Å². The standard InChI is InChI=1S/C17H15Cl4N3OS/c1-10-3-2-4-11(9-10)14(25)23-15(17(19,20)21)24-16(26)22-13-7-5-12(18)6-8-13/h2-9,15H,1H3,(H,23,25)(H2,22,24,26). The van der Waals surface area contributed by atoms with Crippen molar-refractivity contribution in [1.82, 2.24) is 10.6 Å². The first-order chi connectivity index (χ1) is 12.1. The smallest absolute Gasteiger partial charge is 0.252 e. The van der Waals surface area contributed by atoms with Crippen LogP contribution in [-0.4, -0.2) is 21.0 Å². The molecule has 0 spiro atoms. The van der Waals surface area contributed by atoms with Crippen LogP contribution in [0.15, 0.2) is 48.5 Å². The predicted octanol–water partition coefficient (Wildman–Crippen LogP) is 5.06. The third-order valence-electron chi connectivity index (χ3n) is 3.26. The molecule has 0 bridgehead atoms. The van der Waals surface area contributed by atoms with Crippen molar-refractivity contribution < 1.29 is 4.79 Å². The lowest BCUT2D eigenvalue weighted by Gasteiger charge is -2.27. The summed E-state index contributed by atoms with van der Waals surface area (Å²) in [6.07, 6.45) is -1.05. The Hall–Kier alpha value is -1.24. The molecule has 0 aromatic heterocycles. The molecule has 2 aromatic carbocycles. The van der Waals surface area contributed by atoms with Crippen LogP contribution in [0.25, 0.3) is 0 Å². The molecule has 2 rings (SSSR count). The maximum Gasteiger partial charge on any atom is 0.252 e. The first-order valence-corrected chi connectivity index (χ1v) is 9.34. The highest BCUT2D eigenvalue weighted by Crippen LogP contribution is 2.29. The summed E-state index contributed by atoms with van der Waals surface area (Å²) < 4.78 is -1.83. The van der Waals surface area contributed by atoms with Crippen LogP contribution in [0.1, 0.15) is 15.9 Å². The number of rotatable bonds is 4. The normalized spacial score (nSPS) is 12.2. The average molecular weight is 451 g/mol. The van der Waals surface area contributed by atoms with Crippen molar-refractivity contribution >= 4 is 75.3 Å². The second kappa shape index (κ2) is 9.11. The molecule has 26 heavy (non-hydrogen) atoms. The van der Waals surface area contributed by atoms with Gasteiger partial charge in [0.25, 0.3) is 5.91 Å². The van der Waals surface area contributed by atoms with Crippen molar-refractivity contribution in [3.63, 3.8) is 0 Å². The summed E-state index contributed by atoms with van der Waals surface area (Å²) in [6.45, 7) is 1.88. The summed E-state index contributed by atoms with van der Waals surface area (Å²) in [6, 6.07) is 14.0. The van der Waals surface area contributed by atoms with E-state index in [4.69, 9.17) is 58.6 Å². The fourth-order valence-corrected chi connectivity index (χ4v) is 2.72. The lowest BCUT2D eigenvalue weighted by molar-refractivity contribution is 0.0934. The zero-order chi connectivity index (χ0) is 19.3. The average Bonchev–Trinajstić information content (AvgIpc) is 2.55. The molecular weight excluding hydrogens is 436 g/mol. The van der Waals surface area contributed by atoms with E-state index in [9.17, 15) is 4.79 Å². The molecule has 0 saturated carbocycles. The molecule has 1 amide bonds. The van der Waals surface area contributed by atoms with E-state index in [0.29, 0.717) is 16.3 Å². The van der Waals surface area contributed by atoms with E-state index in [0.717, 1.165) is 5.56 Å². The minimum atomic E-state index is -1.83. The minimum absolute atomic E-state index is 0.174. The molecule has 0 fully saturated rings. The van der Waals surface area contributed by atoms with E-state index in [1.54, 1.807) is 42.5 Å². The fourth-order valence-electron chi connectivity index (χ4n) is 2.03. The number of halogens is 4. The Kier molecular flexibility index (Phi) is 7.38. The van der Waals surface area contributed by atoms with Gasteiger partial charge in [0.15, 0.2) is 5.11 Å². The van der Waals surface area contributed by atoms with Crippen LogP contribution in [-0.2, 0) is 0 Å². The first-order valence-electron chi connectivity index (χ1n) is 7.42. The second-order valence-corrected chi connectivity index (χ2v) is 8.64. The van der Waals surface area contributed by atoms with Gasteiger partial charge >= 0.3 is 0 Å². The van der Waals surface area contributed by atoms with E-state index in [1.807, 2.05) is 13.0 Å². The minimum Gasteiger partial charge on any atom is -0.339 e. The number of hydrogen-bond acceptors (Lipinski definition) is 2. The van der Waals surface area contributed by atoms with E-state index < -0.39 is 15.9 Å². The number of carbonyl (C=O) groups is 1. The molecule has 138 valence electrons. The molecule has 0 saturated heterocycles. The molecule has 0 radical (unpaired) electrons. The predicted molar refractivity (Wildman–Crippen MR) is 114 cm³/mol. The maximum absolute atomic E-state index is 12.4. The molecule has 3 N–H and O–H groups in total. The second-order valence-electron chi connectivity index (χ2n) is 5.42. The zero-order valence-electron chi connectivity index (χ0n) is 13.5. The summed E-state index contributed by atoms with van der Waals surface area (Å²) in [7, 11) is 0. The highest BCUT2D eigenvalue weighted by Gasteiger charge is 2.34. The number of benzene rings is 2. The van der Waals surface area contributed by atoms with Gasteiger partial charge in [0, 0.05) is 16.3 Å². The molecule has 9 heteroatoms. The van der Waals surface area contributed by atoms with Crippen LogP contribution in [0.2, 0.25) is 5.02 Å². The van der Waals surface area contributed by atoms with Gasteiger partial charge in [-0.25, -0.2) is 0 Å². The number of amides is 1. The van der Waals surface area contributed by atoms with E-state index in [1.165, 1.54) is 0 Å². The number of hydrogen-bond donors (Lipinski definition) is 3. The molecule has 2 aromatic rings. The van der Waals surface area contributed by atoms with Crippen molar-refractivity contribution in [3.8, 4) is 0 Å². The fraction of sp³-hybridized carbons (Fsp3) is 0.176. The number of carbonyl (C=O) groups excluding carboxylic acids is 1. The van der Waals surface area contributed by atoms with Gasteiger partial charge in [-0.15, -0.1) is 0 Å². The molecule has 1 atom stereocenters. The highest BCUT2D eigenvalue weighted by molar-refractivity contribution is 7.80. The van der Waals surface area contributed by atoms with Gasteiger partial charge in [-0.2, -0.15) is 0 Å². The van der Waals surface area contributed by atoms with Gasteiger partial charge in [0.2, 0.25) is 3.79 Å². The van der Waals surface area contributed by atoms with Gasteiger partial charge in [0.05, 0.1) is 0 Å². The zero-order valence-corrected chi connectivity index (χ0v) is 17.4. The van der Waals surface area contributed by atoms with Crippen LogP contribution in [0, 0.1) is 6.92 Å². The third-order valence-corrected chi connectivity index (χ3v) is 4.39. The Bertz CT molecular complexity index is 793. The number of anilines is 1. The monoisotopic (exact) mass is 449 g/mol. The summed E-state index contributed by atoms with van der Waals surface area (Å²) >= 11 is 29.0. The molecule has 4 nitrogen and oxygen atoms in total. The van der Waals surface area contributed by atoms with Crippen LogP contribution >= 0.6 is 58.6 Å². The van der Waals surface area contributed by atoms with Crippen molar-refractivity contribution in [2.75, 3.05) is 5.32 Å². The number of aryl methyl sites for hydroxylation is 1. The Labute approximate surface area is 177 Å². The first kappa shape index (κ1) is 21.1. The largest absolute Gasteiger partial charge is 0.339 e. The summed E-state index contributed by atoms with van der Waals surface area (Å²) in [5.74, 6) is -0.396. The Morgan fingerprint density at radius 3 is 2.31 bits per heavy atom. The lowest BCUT2D eigenvalue weighted by Crippen LogP contribution is -2.56. The molecule has 0 aliphatic rings. The van der Waals surface area contributed by atoms with Crippen LogP contribution in [0.5, 0.6) is 0 Å². The van der Waals surface area contributed by atoms with Gasteiger partial charge in [-0.1, -0.05) is 64.1 Å². The quantitative estimate of drug-likeness (QED) is 0.346. The Balaban J connectivity index is 2.06. The SMILES string of the molecule is Cc1cccc(C(=O)NC(NC(=S)Nc2ccc(Cl)cc2)C(Cl)(Cl)Cl)c1. The van der Waals surface area contributed by atoms with E-state index in [-0.39, 0.29) is 5.11 Å². The topological polar surface area (TPSA) is 53.2 Å². The number of alkyl halides is 3.